The van der Waals surface area contributed by atoms with Crippen molar-refractivity contribution < 1.29 is 0 Å². The van der Waals surface area contributed by atoms with Crippen LogP contribution in [0.1, 0.15) is 0 Å². The molecule has 110 valence electrons. The topological polar surface area (TPSA) is 51.8 Å². The normalized spacial score (nSPS) is 10.6. The Hall–Kier alpha value is -2.04. The van der Waals surface area contributed by atoms with E-state index in [-0.39, 0.29) is 0 Å². The van der Waals surface area contributed by atoms with Crippen molar-refractivity contribution in [3.63, 3.8) is 0 Å². The number of hydrogen-bond acceptors (Lipinski definition) is 4. The Morgan fingerprint density at radius 2 is 1.59 bits per heavy atom. The SMILES string of the molecule is CSc1nc(-c2ccc(Cl)cc2)nc(N)c1-c1ccccc1. The van der Waals surface area contributed by atoms with Crippen molar-refractivity contribution in [2.45, 2.75) is 5.03 Å². The Labute approximate surface area is 138 Å². The Balaban J connectivity index is 2.14. The summed E-state index contributed by atoms with van der Waals surface area (Å²) in [4.78, 5) is 9.13. The third-order valence-electron chi connectivity index (χ3n) is 3.26. The molecule has 5 heteroatoms. The standard InChI is InChI=1S/C17H14ClN3S/c1-22-17-14(11-5-3-2-4-6-11)15(19)20-16(21-17)12-7-9-13(18)10-8-12/h2-10H,1H3,(H2,19,20,21). The summed E-state index contributed by atoms with van der Waals surface area (Å²) in [6.07, 6.45) is 1.99. The zero-order chi connectivity index (χ0) is 15.5. The van der Waals surface area contributed by atoms with E-state index >= 15 is 0 Å². The van der Waals surface area contributed by atoms with Crippen LogP contribution in [-0.2, 0) is 0 Å². The quantitative estimate of drug-likeness (QED) is 0.556. The second-order valence-electron chi connectivity index (χ2n) is 4.69. The van der Waals surface area contributed by atoms with Crippen LogP contribution in [0, 0.1) is 0 Å². The summed E-state index contributed by atoms with van der Waals surface area (Å²) in [6.45, 7) is 0. The van der Waals surface area contributed by atoms with Crippen molar-refractivity contribution in [1.82, 2.24) is 9.97 Å². The monoisotopic (exact) mass is 327 g/mol. The Kier molecular flexibility index (Phi) is 4.32. The highest BCUT2D eigenvalue weighted by molar-refractivity contribution is 7.98. The number of anilines is 1. The van der Waals surface area contributed by atoms with Crippen LogP contribution in [-0.4, -0.2) is 16.2 Å². The molecule has 3 nitrogen and oxygen atoms in total. The predicted molar refractivity (Wildman–Crippen MR) is 94.1 cm³/mol. The van der Waals surface area contributed by atoms with Gasteiger partial charge in [-0.05, 0) is 36.1 Å². The summed E-state index contributed by atoms with van der Waals surface area (Å²) in [5, 5.41) is 1.55. The van der Waals surface area contributed by atoms with Crippen LogP contribution >= 0.6 is 23.4 Å². The maximum atomic E-state index is 6.21. The molecule has 0 unspecified atom stereocenters. The zero-order valence-corrected chi connectivity index (χ0v) is 13.5. The number of aromatic nitrogens is 2. The minimum Gasteiger partial charge on any atom is -0.383 e. The molecule has 0 saturated carbocycles. The molecule has 0 amide bonds. The van der Waals surface area contributed by atoms with Crippen molar-refractivity contribution >= 4 is 29.2 Å². The van der Waals surface area contributed by atoms with Crippen molar-refractivity contribution in [3.8, 4) is 22.5 Å². The van der Waals surface area contributed by atoms with Gasteiger partial charge in [0.1, 0.15) is 10.8 Å². The van der Waals surface area contributed by atoms with E-state index < -0.39 is 0 Å². The van der Waals surface area contributed by atoms with Gasteiger partial charge in [0, 0.05) is 10.6 Å². The molecule has 0 aliphatic heterocycles. The molecule has 0 atom stereocenters. The van der Waals surface area contributed by atoms with Crippen molar-refractivity contribution in [1.29, 1.82) is 0 Å². The maximum Gasteiger partial charge on any atom is 0.162 e. The number of nitrogen functional groups attached to an aromatic ring is 1. The molecule has 0 saturated heterocycles. The van der Waals surface area contributed by atoms with Crippen LogP contribution in [0.2, 0.25) is 5.02 Å². The van der Waals surface area contributed by atoms with Gasteiger partial charge in [-0.2, -0.15) is 0 Å². The highest BCUT2D eigenvalue weighted by atomic mass is 35.5. The summed E-state index contributed by atoms with van der Waals surface area (Å²) < 4.78 is 0. The number of benzene rings is 2. The molecule has 1 aromatic heterocycles. The lowest BCUT2D eigenvalue weighted by atomic mass is 10.1. The van der Waals surface area contributed by atoms with E-state index in [0.29, 0.717) is 16.7 Å². The number of hydrogen-bond donors (Lipinski definition) is 1. The fraction of sp³-hybridized carbons (Fsp3) is 0.0588. The van der Waals surface area contributed by atoms with Gasteiger partial charge < -0.3 is 5.73 Å². The van der Waals surface area contributed by atoms with E-state index in [2.05, 4.69) is 9.97 Å². The van der Waals surface area contributed by atoms with Crippen LogP contribution in [0.15, 0.2) is 59.6 Å². The number of nitrogens with zero attached hydrogens (tertiary/aromatic N) is 2. The number of rotatable bonds is 3. The van der Waals surface area contributed by atoms with Gasteiger partial charge in [0.05, 0.1) is 5.56 Å². The van der Waals surface area contributed by atoms with Crippen LogP contribution in [0.5, 0.6) is 0 Å². The first-order chi connectivity index (χ1) is 10.7. The molecule has 0 radical (unpaired) electrons. The minimum absolute atomic E-state index is 0.482. The first-order valence-electron chi connectivity index (χ1n) is 6.72. The maximum absolute atomic E-state index is 6.21. The van der Waals surface area contributed by atoms with E-state index in [1.54, 1.807) is 11.8 Å². The number of halogens is 1. The fourth-order valence-electron chi connectivity index (χ4n) is 2.21. The lowest BCUT2D eigenvalue weighted by molar-refractivity contribution is 1.07. The van der Waals surface area contributed by atoms with Gasteiger partial charge in [0.25, 0.3) is 0 Å². The fourth-order valence-corrected chi connectivity index (χ4v) is 2.94. The molecule has 0 spiro atoms. The molecule has 3 rings (SSSR count). The van der Waals surface area contributed by atoms with Gasteiger partial charge in [-0.25, -0.2) is 9.97 Å². The third-order valence-corrected chi connectivity index (χ3v) is 4.20. The van der Waals surface area contributed by atoms with E-state index in [1.165, 1.54) is 0 Å². The summed E-state index contributed by atoms with van der Waals surface area (Å²) in [5.74, 6) is 1.09. The van der Waals surface area contributed by atoms with Gasteiger partial charge >= 0.3 is 0 Å². The average molecular weight is 328 g/mol. The molecule has 2 aromatic carbocycles. The van der Waals surface area contributed by atoms with Crippen molar-refractivity contribution in [3.05, 3.63) is 59.6 Å². The van der Waals surface area contributed by atoms with Crippen LogP contribution in [0.4, 0.5) is 5.82 Å². The van der Waals surface area contributed by atoms with Gasteiger partial charge in [-0.15, -0.1) is 11.8 Å². The molecule has 0 fully saturated rings. The Morgan fingerprint density at radius 3 is 2.23 bits per heavy atom. The van der Waals surface area contributed by atoms with Gasteiger partial charge in [0.2, 0.25) is 0 Å². The van der Waals surface area contributed by atoms with E-state index in [4.69, 9.17) is 17.3 Å². The van der Waals surface area contributed by atoms with Gasteiger partial charge in [-0.3, -0.25) is 0 Å². The highest BCUT2D eigenvalue weighted by Crippen LogP contribution is 2.34. The molecule has 0 bridgehead atoms. The minimum atomic E-state index is 0.482. The lowest BCUT2D eigenvalue weighted by Gasteiger charge is -2.12. The Morgan fingerprint density at radius 1 is 0.909 bits per heavy atom. The summed E-state index contributed by atoms with van der Waals surface area (Å²) in [5.41, 5.74) is 9.00. The average Bonchev–Trinajstić information content (AvgIpc) is 2.55. The van der Waals surface area contributed by atoms with Crippen molar-refractivity contribution in [2.75, 3.05) is 12.0 Å². The molecule has 0 aliphatic carbocycles. The van der Waals surface area contributed by atoms with Crippen LogP contribution in [0.25, 0.3) is 22.5 Å². The molecular weight excluding hydrogens is 314 g/mol. The summed E-state index contributed by atoms with van der Waals surface area (Å²) in [6, 6.07) is 17.4. The first kappa shape index (κ1) is 14.9. The van der Waals surface area contributed by atoms with Gasteiger partial charge in [-0.1, -0.05) is 41.9 Å². The molecular formula is C17H14ClN3S. The Bertz CT molecular complexity index is 789. The third kappa shape index (κ3) is 2.93. The molecule has 3 aromatic rings. The predicted octanol–water partition coefficient (Wildman–Crippen LogP) is 4.77. The summed E-state index contributed by atoms with van der Waals surface area (Å²) >= 11 is 7.48. The second-order valence-corrected chi connectivity index (χ2v) is 5.92. The summed E-state index contributed by atoms with van der Waals surface area (Å²) in [7, 11) is 0. The van der Waals surface area contributed by atoms with Gasteiger partial charge in [0.15, 0.2) is 5.82 Å². The number of thioether (sulfide) groups is 1. The molecule has 0 aliphatic rings. The molecule has 1 heterocycles. The van der Waals surface area contributed by atoms with E-state index in [0.717, 1.165) is 21.7 Å². The van der Waals surface area contributed by atoms with E-state index in [9.17, 15) is 0 Å². The smallest absolute Gasteiger partial charge is 0.162 e. The number of nitrogens with two attached hydrogens (primary N) is 1. The zero-order valence-electron chi connectivity index (χ0n) is 12.0. The lowest BCUT2D eigenvalue weighted by Crippen LogP contribution is -2.01. The largest absolute Gasteiger partial charge is 0.383 e. The van der Waals surface area contributed by atoms with Crippen LogP contribution < -0.4 is 5.73 Å². The van der Waals surface area contributed by atoms with E-state index in [1.807, 2.05) is 60.9 Å². The second kappa shape index (κ2) is 6.38. The molecule has 22 heavy (non-hydrogen) atoms. The highest BCUT2D eigenvalue weighted by Gasteiger charge is 2.14. The van der Waals surface area contributed by atoms with Crippen LogP contribution in [0.3, 0.4) is 0 Å². The van der Waals surface area contributed by atoms with Crippen molar-refractivity contribution in [2.24, 2.45) is 0 Å². The first-order valence-corrected chi connectivity index (χ1v) is 8.32. The molecule has 2 N–H and O–H groups in total.